The molecule has 3 N–H and O–H groups in total. The number of hydrogen-bond acceptors (Lipinski definition) is 5. The third-order valence-electron chi connectivity index (χ3n) is 3.82. The SMILES string of the molecule is Cc1cc(Nc2cc(C3CC3)nc(N[C@H](C)CO)n2)ccc1Cl. The summed E-state index contributed by atoms with van der Waals surface area (Å²) in [5, 5.41) is 16.4. The molecule has 1 aromatic carbocycles. The molecule has 0 spiro atoms. The van der Waals surface area contributed by atoms with Crippen molar-refractivity contribution in [3.05, 3.63) is 40.5 Å². The van der Waals surface area contributed by atoms with Crippen LogP contribution in [-0.4, -0.2) is 27.7 Å². The Morgan fingerprint density at radius 3 is 2.74 bits per heavy atom. The van der Waals surface area contributed by atoms with Crippen molar-refractivity contribution in [1.82, 2.24) is 9.97 Å². The third kappa shape index (κ3) is 4.12. The fraction of sp³-hybridized carbons (Fsp3) is 0.412. The maximum absolute atomic E-state index is 9.20. The monoisotopic (exact) mass is 332 g/mol. The molecule has 0 saturated heterocycles. The van der Waals surface area contributed by atoms with Crippen LogP contribution < -0.4 is 10.6 Å². The number of anilines is 3. The van der Waals surface area contributed by atoms with E-state index in [0.29, 0.717) is 11.9 Å². The molecule has 5 nitrogen and oxygen atoms in total. The molecular formula is C17H21ClN4O. The molecule has 0 amide bonds. The van der Waals surface area contributed by atoms with E-state index in [1.54, 1.807) is 0 Å². The molecule has 1 atom stereocenters. The molecule has 0 bridgehead atoms. The smallest absolute Gasteiger partial charge is 0.225 e. The lowest BCUT2D eigenvalue weighted by Crippen LogP contribution is -2.21. The molecule has 1 fully saturated rings. The van der Waals surface area contributed by atoms with Gasteiger partial charge in [0.15, 0.2) is 0 Å². The number of aliphatic hydroxyl groups excluding tert-OH is 1. The van der Waals surface area contributed by atoms with Gasteiger partial charge in [-0.05, 0) is 50.5 Å². The zero-order valence-electron chi connectivity index (χ0n) is 13.3. The summed E-state index contributed by atoms with van der Waals surface area (Å²) in [6.07, 6.45) is 2.34. The van der Waals surface area contributed by atoms with Gasteiger partial charge in [-0.25, -0.2) is 4.98 Å². The molecule has 2 aromatic rings. The first-order valence-electron chi connectivity index (χ1n) is 7.84. The molecule has 23 heavy (non-hydrogen) atoms. The Labute approximate surface area is 141 Å². The minimum absolute atomic E-state index is 0.0379. The van der Waals surface area contributed by atoms with Gasteiger partial charge in [0.2, 0.25) is 5.95 Å². The van der Waals surface area contributed by atoms with E-state index in [4.69, 9.17) is 11.6 Å². The first kappa shape index (κ1) is 16.0. The summed E-state index contributed by atoms with van der Waals surface area (Å²) in [6, 6.07) is 7.70. The van der Waals surface area contributed by atoms with E-state index in [1.807, 2.05) is 38.1 Å². The summed E-state index contributed by atoms with van der Waals surface area (Å²) in [5.41, 5.74) is 3.00. The van der Waals surface area contributed by atoms with Gasteiger partial charge >= 0.3 is 0 Å². The average Bonchev–Trinajstić information content (AvgIpc) is 3.35. The summed E-state index contributed by atoms with van der Waals surface area (Å²) in [7, 11) is 0. The lowest BCUT2D eigenvalue weighted by molar-refractivity contribution is 0.281. The molecule has 1 saturated carbocycles. The first-order chi connectivity index (χ1) is 11.0. The molecule has 0 unspecified atom stereocenters. The molecule has 0 radical (unpaired) electrons. The van der Waals surface area contributed by atoms with E-state index < -0.39 is 0 Å². The number of aromatic nitrogens is 2. The minimum atomic E-state index is -0.0879. The Balaban J connectivity index is 1.86. The van der Waals surface area contributed by atoms with Crippen LogP contribution in [0.4, 0.5) is 17.5 Å². The van der Waals surface area contributed by atoms with Gasteiger partial charge < -0.3 is 15.7 Å². The Morgan fingerprint density at radius 1 is 1.30 bits per heavy atom. The van der Waals surface area contributed by atoms with Crippen molar-refractivity contribution in [1.29, 1.82) is 0 Å². The Hall–Kier alpha value is -1.85. The van der Waals surface area contributed by atoms with E-state index in [9.17, 15) is 5.11 Å². The van der Waals surface area contributed by atoms with Crippen molar-refractivity contribution in [3.8, 4) is 0 Å². The quantitative estimate of drug-likeness (QED) is 0.749. The highest BCUT2D eigenvalue weighted by Crippen LogP contribution is 2.40. The maximum atomic E-state index is 9.20. The van der Waals surface area contributed by atoms with Crippen LogP contribution in [0.5, 0.6) is 0 Å². The Morgan fingerprint density at radius 2 is 2.09 bits per heavy atom. The first-order valence-corrected chi connectivity index (χ1v) is 8.22. The van der Waals surface area contributed by atoms with Crippen molar-refractivity contribution >= 4 is 29.1 Å². The van der Waals surface area contributed by atoms with Crippen LogP contribution in [-0.2, 0) is 0 Å². The van der Waals surface area contributed by atoms with Crippen molar-refractivity contribution in [3.63, 3.8) is 0 Å². The molecule has 6 heteroatoms. The van der Waals surface area contributed by atoms with Crippen LogP contribution in [0.2, 0.25) is 5.02 Å². The second-order valence-electron chi connectivity index (χ2n) is 6.09. The van der Waals surface area contributed by atoms with E-state index in [1.165, 1.54) is 12.8 Å². The molecule has 122 valence electrons. The Kier molecular flexibility index (Phi) is 4.68. The van der Waals surface area contributed by atoms with Crippen molar-refractivity contribution in [2.24, 2.45) is 0 Å². The van der Waals surface area contributed by atoms with Crippen LogP contribution >= 0.6 is 11.6 Å². The molecule has 0 aliphatic heterocycles. The second kappa shape index (κ2) is 6.72. The number of nitrogens with one attached hydrogen (secondary N) is 2. The molecular weight excluding hydrogens is 312 g/mol. The predicted octanol–water partition coefficient (Wildman–Crippen LogP) is 3.85. The van der Waals surface area contributed by atoms with Crippen LogP contribution in [0.1, 0.15) is 36.9 Å². The zero-order chi connectivity index (χ0) is 16.4. The molecule has 1 heterocycles. The largest absolute Gasteiger partial charge is 0.394 e. The number of halogens is 1. The van der Waals surface area contributed by atoms with Crippen LogP contribution in [0.25, 0.3) is 0 Å². The van der Waals surface area contributed by atoms with Gasteiger partial charge in [-0.2, -0.15) is 4.98 Å². The fourth-order valence-corrected chi connectivity index (χ4v) is 2.44. The van der Waals surface area contributed by atoms with Crippen molar-refractivity contribution in [2.75, 3.05) is 17.2 Å². The van der Waals surface area contributed by atoms with Crippen molar-refractivity contribution in [2.45, 2.75) is 38.6 Å². The maximum Gasteiger partial charge on any atom is 0.225 e. The van der Waals surface area contributed by atoms with Gasteiger partial charge in [-0.15, -0.1) is 0 Å². The summed E-state index contributed by atoms with van der Waals surface area (Å²) < 4.78 is 0. The van der Waals surface area contributed by atoms with Crippen LogP contribution in [0.15, 0.2) is 24.3 Å². The van der Waals surface area contributed by atoms with Gasteiger partial charge in [-0.3, -0.25) is 0 Å². The van der Waals surface area contributed by atoms with Gasteiger partial charge in [0.25, 0.3) is 0 Å². The Bertz CT molecular complexity index is 703. The fourth-order valence-electron chi connectivity index (χ4n) is 2.32. The number of aliphatic hydroxyl groups is 1. The summed E-state index contributed by atoms with van der Waals surface area (Å²) >= 11 is 6.07. The lowest BCUT2D eigenvalue weighted by atomic mass is 10.2. The minimum Gasteiger partial charge on any atom is -0.394 e. The highest BCUT2D eigenvalue weighted by molar-refractivity contribution is 6.31. The summed E-state index contributed by atoms with van der Waals surface area (Å²) in [5.74, 6) is 1.82. The van der Waals surface area contributed by atoms with Crippen LogP contribution in [0, 0.1) is 6.92 Å². The second-order valence-corrected chi connectivity index (χ2v) is 6.50. The predicted molar refractivity (Wildman–Crippen MR) is 93.6 cm³/mol. The average molecular weight is 333 g/mol. The van der Waals surface area contributed by atoms with Gasteiger partial charge in [-0.1, -0.05) is 11.6 Å². The number of benzene rings is 1. The van der Waals surface area contributed by atoms with Crippen LogP contribution in [0.3, 0.4) is 0 Å². The van der Waals surface area contributed by atoms with E-state index in [-0.39, 0.29) is 12.6 Å². The van der Waals surface area contributed by atoms with E-state index in [2.05, 4.69) is 20.6 Å². The van der Waals surface area contributed by atoms with E-state index >= 15 is 0 Å². The van der Waals surface area contributed by atoms with Gasteiger partial charge in [0.1, 0.15) is 5.82 Å². The molecule has 1 aliphatic rings. The highest BCUT2D eigenvalue weighted by atomic mass is 35.5. The third-order valence-corrected chi connectivity index (χ3v) is 4.25. The van der Waals surface area contributed by atoms with E-state index in [0.717, 1.165) is 27.8 Å². The van der Waals surface area contributed by atoms with Gasteiger partial charge in [0, 0.05) is 28.7 Å². The molecule has 1 aliphatic carbocycles. The molecule has 1 aromatic heterocycles. The number of hydrogen-bond donors (Lipinski definition) is 3. The topological polar surface area (TPSA) is 70.1 Å². The standard InChI is InChI=1S/C17H21ClN4O/c1-10-7-13(5-6-14(10)18)20-16-8-15(12-3-4-12)21-17(22-16)19-11(2)9-23/h5-8,11-12,23H,3-4,9H2,1-2H3,(H2,19,20,21,22)/t11-/m1/s1. The summed E-state index contributed by atoms with van der Waals surface area (Å²) in [4.78, 5) is 9.06. The van der Waals surface area contributed by atoms with Crippen molar-refractivity contribution < 1.29 is 5.11 Å². The number of aryl methyl sites for hydroxylation is 1. The summed E-state index contributed by atoms with van der Waals surface area (Å²) in [6.45, 7) is 3.90. The lowest BCUT2D eigenvalue weighted by Gasteiger charge is -2.14. The normalized spacial score (nSPS) is 15.3. The number of nitrogens with zero attached hydrogens (tertiary/aromatic N) is 2. The highest BCUT2D eigenvalue weighted by Gasteiger charge is 2.26. The zero-order valence-corrected chi connectivity index (χ0v) is 14.1. The number of rotatable bonds is 6. The molecule has 3 rings (SSSR count). The van der Waals surface area contributed by atoms with Gasteiger partial charge in [0.05, 0.1) is 12.3 Å².